The van der Waals surface area contributed by atoms with Gasteiger partial charge in [-0.2, -0.15) is 0 Å². The van der Waals surface area contributed by atoms with Crippen molar-refractivity contribution in [3.05, 3.63) is 120 Å². The molecule has 0 saturated heterocycles. The summed E-state index contributed by atoms with van der Waals surface area (Å²) in [6.07, 6.45) is 0. The molecule has 0 bridgehead atoms. The standard InChI is InChI=1S/C27H26As/c1-21-19-22(2)27(23(3)20-21)28(24-13-7-4-8-14-24,25-15-9-5-10-16-25)26-17-11-6-12-18-26/h4-20H,1-3H3/q+1. The van der Waals surface area contributed by atoms with Crippen molar-refractivity contribution < 1.29 is 0 Å². The van der Waals surface area contributed by atoms with E-state index >= 15 is 0 Å². The zero-order valence-corrected chi connectivity index (χ0v) is 18.6. The molecule has 0 nitrogen and oxygen atoms in total. The molecule has 0 aromatic heterocycles. The summed E-state index contributed by atoms with van der Waals surface area (Å²) in [6.45, 7) is 6.78. The summed E-state index contributed by atoms with van der Waals surface area (Å²) in [5.41, 5.74) is 4.14. The summed E-state index contributed by atoms with van der Waals surface area (Å²) in [5, 5.41) is 0. The van der Waals surface area contributed by atoms with E-state index in [1.807, 2.05) is 0 Å². The van der Waals surface area contributed by atoms with E-state index in [0.717, 1.165) is 0 Å². The zero-order valence-electron chi connectivity index (χ0n) is 16.8. The van der Waals surface area contributed by atoms with Gasteiger partial charge in [0.2, 0.25) is 0 Å². The molecule has 0 N–H and O–H groups in total. The second-order valence-corrected chi connectivity index (χ2v) is 14.4. The maximum atomic E-state index is 2.35. The topological polar surface area (TPSA) is 0 Å². The summed E-state index contributed by atoms with van der Waals surface area (Å²) in [5.74, 6) is 0. The SMILES string of the molecule is Cc1cc(C)c([As+](c2ccccc2)(c2ccccc2)c2ccccc2)c(C)c1. The van der Waals surface area contributed by atoms with Gasteiger partial charge in [0.1, 0.15) is 0 Å². The van der Waals surface area contributed by atoms with Gasteiger partial charge in [-0.1, -0.05) is 0 Å². The third-order valence-corrected chi connectivity index (χ3v) is 15.0. The molecular weight excluding hydrogens is 399 g/mol. The molecule has 138 valence electrons. The Hall–Kier alpha value is -2.56. The van der Waals surface area contributed by atoms with Crippen LogP contribution in [0.1, 0.15) is 16.7 Å². The molecule has 1 heteroatoms. The third kappa shape index (κ3) is 3.13. The number of hydrogen-bond acceptors (Lipinski definition) is 0. The molecule has 28 heavy (non-hydrogen) atoms. The van der Waals surface area contributed by atoms with Gasteiger partial charge in [-0.25, -0.2) is 0 Å². The first-order valence-electron chi connectivity index (χ1n) is 9.78. The van der Waals surface area contributed by atoms with Crippen molar-refractivity contribution in [2.24, 2.45) is 0 Å². The molecule has 0 unspecified atom stereocenters. The fourth-order valence-corrected chi connectivity index (χ4v) is 14.4. The van der Waals surface area contributed by atoms with Crippen molar-refractivity contribution in [1.82, 2.24) is 0 Å². The molecule has 4 aromatic carbocycles. The van der Waals surface area contributed by atoms with Crippen molar-refractivity contribution in [2.45, 2.75) is 20.8 Å². The predicted octanol–water partition coefficient (Wildman–Crippen LogP) is 3.99. The number of rotatable bonds is 4. The predicted molar refractivity (Wildman–Crippen MR) is 124 cm³/mol. The Morgan fingerprint density at radius 1 is 0.464 bits per heavy atom. The summed E-state index contributed by atoms with van der Waals surface area (Å²) >= 11 is -2.90. The number of aryl methyl sites for hydroxylation is 3. The van der Waals surface area contributed by atoms with Crippen LogP contribution in [0, 0.1) is 20.8 Å². The monoisotopic (exact) mass is 425 g/mol. The van der Waals surface area contributed by atoms with Crippen molar-refractivity contribution in [3.8, 4) is 0 Å². The Kier molecular flexibility index (Phi) is 5.25. The van der Waals surface area contributed by atoms with Gasteiger partial charge in [0.15, 0.2) is 0 Å². The molecule has 0 fully saturated rings. The molecule has 4 aromatic rings. The van der Waals surface area contributed by atoms with Crippen LogP contribution in [0.25, 0.3) is 0 Å². The molecular formula is C27H26As+. The van der Waals surface area contributed by atoms with Gasteiger partial charge in [0.25, 0.3) is 0 Å². The second-order valence-electron chi connectivity index (χ2n) is 7.42. The van der Waals surface area contributed by atoms with Crippen molar-refractivity contribution in [1.29, 1.82) is 0 Å². The minimum absolute atomic E-state index is 1.33. The fraction of sp³-hybridized carbons (Fsp3) is 0.111. The Bertz CT molecular complexity index is 947. The summed E-state index contributed by atoms with van der Waals surface area (Å²) < 4.78 is 5.95. The van der Waals surface area contributed by atoms with Crippen LogP contribution in [0.5, 0.6) is 0 Å². The van der Waals surface area contributed by atoms with Gasteiger partial charge in [-0.15, -0.1) is 0 Å². The van der Waals surface area contributed by atoms with Gasteiger partial charge in [0.05, 0.1) is 0 Å². The quantitative estimate of drug-likeness (QED) is 0.434. The summed E-state index contributed by atoms with van der Waals surface area (Å²) in [7, 11) is 0. The molecule has 0 saturated carbocycles. The van der Waals surface area contributed by atoms with E-state index in [2.05, 4.69) is 124 Å². The van der Waals surface area contributed by atoms with Gasteiger partial charge in [0, 0.05) is 0 Å². The van der Waals surface area contributed by atoms with Crippen LogP contribution in [0.3, 0.4) is 0 Å². The van der Waals surface area contributed by atoms with Crippen molar-refractivity contribution >= 4 is 31.0 Å². The van der Waals surface area contributed by atoms with E-state index in [4.69, 9.17) is 0 Å². The van der Waals surface area contributed by atoms with Crippen molar-refractivity contribution in [3.63, 3.8) is 0 Å². The van der Waals surface area contributed by atoms with Crippen LogP contribution in [-0.4, -0.2) is 13.6 Å². The molecule has 0 amide bonds. The second kappa shape index (κ2) is 7.82. The average Bonchev–Trinajstić information content (AvgIpc) is 2.72. The normalized spacial score (nSPS) is 11.4. The third-order valence-electron chi connectivity index (χ3n) is 5.40. The van der Waals surface area contributed by atoms with Crippen LogP contribution >= 0.6 is 0 Å². The first-order valence-corrected chi connectivity index (χ1v) is 13.5. The molecule has 0 radical (unpaired) electrons. The molecule has 4 rings (SSSR count). The Morgan fingerprint density at radius 2 is 0.786 bits per heavy atom. The van der Waals surface area contributed by atoms with Crippen LogP contribution in [0.2, 0.25) is 0 Å². The van der Waals surface area contributed by atoms with E-state index < -0.39 is 13.6 Å². The van der Waals surface area contributed by atoms with Crippen LogP contribution in [0.4, 0.5) is 0 Å². The Balaban J connectivity index is 2.21. The van der Waals surface area contributed by atoms with E-state index in [9.17, 15) is 0 Å². The minimum atomic E-state index is -2.90. The first kappa shape index (κ1) is 18.8. The number of benzene rings is 4. The van der Waals surface area contributed by atoms with Gasteiger partial charge >= 0.3 is 172 Å². The Labute approximate surface area is 171 Å². The summed E-state index contributed by atoms with van der Waals surface area (Å²) in [4.78, 5) is 0. The fourth-order valence-electron chi connectivity index (χ4n) is 4.49. The Morgan fingerprint density at radius 3 is 1.11 bits per heavy atom. The van der Waals surface area contributed by atoms with Gasteiger partial charge in [-0.05, 0) is 0 Å². The van der Waals surface area contributed by atoms with Crippen molar-refractivity contribution in [2.75, 3.05) is 0 Å². The molecule has 0 aliphatic carbocycles. The van der Waals surface area contributed by atoms with Crippen LogP contribution in [0.15, 0.2) is 103 Å². The van der Waals surface area contributed by atoms with E-state index in [0.29, 0.717) is 0 Å². The van der Waals surface area contributed by atoms with Crippen LogP contribution in [-0.2, 0) is 0 Å². The van der Waals surface area contributed by atoms with Gasteiger partial charge in [-0.3, -0.25) is 0 Å². The average molecular weight is 425 g/mol. The molecule has 0 aliphatic heterocycles. The first-order chi connectivity index (χ1) is 13.6. The number of hydrogen-bond donors (Lipinski definition) is 0. The summed E-state index contributed by atoms with van der Waals surface area (Å²) in [6, 6.07) is 38.3. The molecule has 0 atom stereocenters. The maximum absolute atomic E-state index is 2.90. The van der Waals surface area contributed by atoms with E-state index in [1.54, 1.807) is 4.35 Å². The molecule has 0 aliphatic rings. The van der Waals surface area contributed by atoms with Gasteiger partial charge < -0.3 is 0 Å². The molecule has 0 heterocycles. The zero-order chi connectivity index (χ0) is 19.6. The van der Waals surface area contributed by atoms with E-state index in [1.165, 1.54) is 29.7 Å². The van der Waals surface area contributed by atoms with Crippen LogP contribution < -0.4 is 17.4 Å². The molecule has 0 spiro atoms. The van der Waals surface area contributed by atoms with E-state index in [-0.39, 0.29) is 0 Å².